The topological polar surface area (TPSA) is 31.4 Å². The van der Waals surface area contributed by atoms with Crippen LogP contribution in [0.4, 0.5) is 0 Å². The Balaban J connectivity index is 1.37. The highest BCUT2D eigenvalue weighted by atomic mass is 16.5. The molecule has 5 rings (SSSR count). The normalized spacial score (nSPS) is 10.8. The number of fused-ring (bicyclic) bond motifs is 1. The van der Waals surface area contributed by atoms with Crippen molar-refractivity contribution in [2.24, 2.45) is 0 Å². The molecule has 3 nitrogen and oxygen atoms in total. The van der Waals surface area contributed by atoms with Gasteiger partial charge in [-0.05, 0) is 61.0 Å². The summed E-state index contributed by atoms with van der Waals surface area (Å²) in [4.78, 5) is 4.90. The Kier molecular flexibility index (Phi) is 6.03. The number of pyridine rings is 1. The molecule has 0 spiro atoms. The molecule has 0 unspecified atom stereocenters. The molecule has 0 amide bonds. The maximum Gasteiger partial charge on any atom is 0.119 e. The number of aryl methyl sites for hydroxylation is 1. The van der Waals surface area contributed by atoms with E-state index in [1.807, 2.05) is 60.7 Å². The molecule has 162 valence electrons. The largest absolute Gasteiger partial charge is 0.489 e. The summed E-state index contributed by atoms with van der Waals surface area (Å²) >= 11 is 0. The average Bonchev–Trinajstić information content (AvgIpc) is 2.88. The van der Waals surface area contributed by atoms with Crippen LogP contribution in [0.1, 0.15) is 16.7 Å². The second kappa shape index (κ2) is 9.58. The van der Waals surface area contributed by atoms with Crippen molar-refractivity contribution < 1.29 is 9.47 Å². The molecule has 0 N–H and O–H groups in total. The number of hydrogen-bond acceptors (Lipinski definition) is 3. The first-order valence-electron chi connectivity index (χ1n) is 11.1. The van der Waals surface area contributed by atoms with Crippen molar-refractivity contribution in [2.45, 2.75) is 20.1 Å². The maximum atomic E-state index is 6.09. The van der Waals surface area contributed by atoms with E-state index < -0.39 is 0 Å². The summed E-state index contributed by atoms with van der Waals surface area (Å²) in [6, 6.07) is 36.8. The van der Waals surface area contributed by atoms with Crippen LogP contribution in [0, 0.1) is 6.92 Å². The molecule has 3 heteroatoms. The summed E-state index contributed by atoms with van der Waals surface area (Å²) in [6.45, 7) is 3.11. The molecule has 0 fully saturated rings. The van der Waals surface area contributed by atoms with Gasteiger partial charge in [-0.3, -0.25) is 0 Å². The number of para-hydroxylation sites is 1. The average molecular weight is 432 g/mol. The maximum absolute atomic E-state index is 6.09. The first-order chi connectivity index (χ1) is 16.2. The monoisotopic (exact) mass is 431 g/mol. The van der Waals surface area contributed by atoms with E-state index in [4.69, 9.17) is 14.5 Å². The molecule has 0 aliphatic carbocycles. The number of rotatable bonds is 7. The lowest BCUT2D eigenvalue weighted by molar-refractivity contribution is 0.306. The third-order valence-corrected chi connectivity index (χ3v) is 5.62. The number of aromatic nitrogens is 1. The molecule has 0 saturated heterocycles. The number of ether oxygens (including phenoxy) is 2. The van der Waals surface area contributed by atoms with Crippen LogP contribution in [0.2, 0.25) is 0 Å². The molecule has 0 saturated carbocycles. The summed E-state index contributed by atoms with van der Waals surface area (Å²) < 4.78 is 12.0. The SMILES string of the molecule is Cc1ccc(OCc2cc(-c3ccc(OCc4ccccc4)cc3)nc3ccccc23)cc1. The summed E-state index contributed by atoms with van der Waals surface area (Å²) in [6.07, 6.45) is 0. The highest BCUT2D eigenvalue weighted by Gasteiger charge is 2.09. The fourth-order valence-corrected chi connectivity index (χ4v) is 3.77. The molecule has 0 aliphatic heterocycles. The predicted octanol–water partition coefficient (Wildman–Crippen LogP) is 7.37. The Morgan fingerprint density at radius 1 is 0.636 bits per heavy atom. The van der Waals surface area contributed by atoms with Crippen molar-refractivity contribution in [2.75, 3.05) is 0 Å². The first-order valence-corrected chi connectivity index (χ1v) is 11.1. The predicted molar refractivity (Wildman–Crippen MR) is 133 cm³/mol. The minimum absolute atomic E-state index is 0.483. The first kappa shape index (κ1) is 20.8. The smallest absolute Gasteiger partial charge is 0.119 e. The summed E-state index contributed by atoms with van der Waals surface area (Å²) in [5.41, 5.74) is 6.41. The van der Waals surface area contributed by atoms with Crippen LogP contribution in [-0.2, 0) is 13.2 Å². The van der Waals surface area contributed by atoms with Crippen LogP contribution in [0.5, 0.6) is 11.5 Å². The van der Waals surface area contributed by atoms with E-state index >= 15 is 0 Å². The van der Waals surface area contributed by atoms with Gasteiger partial charge in [-0.2, -0.15) is 0 Å². The Hall–Kier alpha value is -4.11. The van der Waals surface area contributed by atoms with Crippen molar-refractivity contribution in [3.63, 3.8) is 0 Å². The third kappa shape index (κ3) is 5.04. The van der Waals surface area contributed by atoms with Gasteiger partial charge in [0.05, 0.1) is 11.2 Å². The van der Waals surface area contributed by atoms with E-state index in [0.29, 0.717) is 13.2 Å². The highest BCUT2D eigenvalue weighted by molar-refractivity contribution is 5.85. The molecule has 4 aromatic carbocycles. The van der Waals surface area contributed by atoms with Gasteiger partial charge in [-0.25, -0.2) is 4.98 Å². The second-order valence-corrected chi connectivity index (χ2v) is 8.08. The van der Waals surface area contributed by atoms with Crippen molar-refractivity contribution in [1.29, 1.82) is 0 Å². The van der Waals surface area contributed by atoms with Crippen molar-refractivity contribution in [1.82, 2.24) is 4.98 Å². The Labute approximate surface area is 194 Å². The van der Waals surface area contributed by atoms with Gasteiger partial charge >= 0.3 is 0 Å². The van der Waals surface area contributed by atoms with Crippen LogP contribution in [0.25, 0.3) is 22.2 Å². The minimum Gasteiger partial charge on any atom is -0.489 e. The quantitative estimate of drug-likeness (QED) is 0.270. The Morgan fingerprint density at radius 2 is 1.27 bits per heavy atom. The minimum atomic E-state index is 0.483. The molecule has 0 atom stereocenters. The standard InChI is InChI=1S/C30H25NO2/c1-22-11-15-26(16-12-22)33-21-25-19-30(31-29-10-6-5-9-28(25)29)24-13-17-27(18-14-24)32-20-23-7-3-2-4-8-23/h2-19H,20-21H2,1H3. The van der Waals surface area contributed by atoms with Gasteiger partial charge in [0.25, 0.3) is 0 Å². The molecule has 0 aliphatic rings. The van der Waals surface area contributed by atoms with Crippen molar-refractivity contribution >= 4 is 10.9 Å². The van der Waals surface area contributed by atoms with Crippen LogP contribution in [-0.4, -0.2) is 4.98 Å². The Bertz CT molecular complexity index is 1340. The zero-order valence-electron chi connectivity index (χ0n) is 18.6. The summed E-state index contributed by atoms with van der Waals surface area (Å²) in [5.74, 6) is 1.70. The Morgan fingerprint density at radius 3 is 2.03 bits per heavy atom. The fraction of sp³-hybridized carbons (Fsp3) is 0.100. The fourth-order valence-electron chi connectivity index (χ4n) is 3.77. The van der Waals surface area contributed by atoms with Gasteiger partial charge in [0.2, 0.25) is 0 Å². The number of nitrogens with zero attached hydrogens (tertiary/aromatic N) is 1. The number of benzene rings is 4. The van der Waals surface area contributed by atoms with E-state index in [1.54, 1.807) is 0 Å². The molecule has 1 aromatic heterocycles. The van der Waals surface area contributed by atoms with Crippen molar-refractivity contribution in [3.05, 3.63) is 126 Å². The van der Waals surface area contributed by atoms with Crippen LogP contribution >= 0.6 is 0 Å². The van der Waals surface area contributed by atoms with E-state index in [0.717, 1.165) is 44.8 Å². The van der Waals surface area contributed by atoms with Gasteiger partial charge in [-0.15, -0.1) is 0 Å². The van der Waals surface area contributed by atoms with Gasteiger partial charge < -0.3 is 9.47 Å². The summed E-state index contributed by atoms with van der Waals surface area (Å²) in [7, 11) is 0. The molecule has 1 heterocycles. The van der Waals surface area contributed by atoms with Crippen LogP contribution in [0.3, 0.4) is 0 Å². The van der Waals surface area contributed by atoms with E-state index in [9.17, 15) is 0 Å². The lowest BCUT2D eigenvalue weighted by atomic mass is 10.0. The lowest BCUT2D eigenvalue weighted by Gasteiger charge is -2.12. The van der Waals surface area contributed by atoms with Gasteiger partial charge in [-0.1, -0.05) is 66.2 Å². The van der Waals surface area contributed by atoms with Gasteiger partial charge in [0.15, 0.2) is 0 Å². The molecule has 0 radical (unpaired) electrons. The van der Waals surface area contributed by atoms with Crippen LogP contribution < -0.4 is 9.47 Å². The molecule has 33 heavy (non-hydrogen) atoms. The zero-order valence-corrected chi connectivity index (χ0v) is 18.6. The third-order valence-electron chi connectivity index (χ3n) is 5.62. The number of hydrogen-bond donors (Lipinski definition) is 0. The lowest BCUT2D eigenvalue weighted by Crippen LogP contribution is -1.99. The zero-order chi connectivity index (χ0) is 22.5. The van der Waals surface area contributed by atoms with Crippen molar-refractivity contribution in [3.8, 4) is 22.8 Å². The van der Waals surface area contributed by atoms with Crippen LogP contribution in [0.15, 0.2) is 109 Å². The van der Waals surface area contributed by atoms with Gasteiger partial charge in [0.1, 0.15) is 24.7 Å². The summed E-state index contributed by atoms with van der Waals surface area (Å²) in [5, 5.41) is 1.11. The molecule has 5 aromatic rings. The highest BCUT2D eigenvalue weighted by Crippen LogP contribution is 2.27. The molecule has 0 bridgehead atoms. The molecular weight excluding hydrogens is 406 g/mol. The van der Waals surface area contributed by atoms with E-state index in [1.165, 1.54) is 5.56 Å². The molecular formula is C30H25NO2. The van der Waals surface area contributed by atoms with E-state index in [2.05, 4.69) is 55.5 Å². The van der Waals surface area contributed by atoms with Gasteiger partial charge in [0, 0.05) is 16.5 Å². The second-order valence-electron chi connectivity index (χ2n) is 8.08. The van der Waals surface area contributed by atoms with E-state index in [-0.39, 0.29) is 0 Å².